The van der Waals surface area contributed by atoms with E-state index >= 15 is 0 Å². The molecule has 78 heavy (non-hydrogen) atoms. The minimum absolute atomic E-state index is 0.404. The van der Waals surface area contributed by atoms with Gasteiger partial charge in [0.05, 0.1) is 126 Å². The zero-order valence-corrected chi connectivity index (χ0v) is 48.3. The Morgan fingerprint density at radius 1 is 0.372 bits per heavy atom. The average molecular weight is 1280 g/mol. The molecule has 4 aromatic carbocycles. The molecule has 0 spiro atoms. The van der Waals surface area contributed by atoms with Gasteiger partial charge in [0.2, 0.25) is 0 Å². The second-order valence-electron chi connectivity index (χ2n) is 17.9. The molecular weight excluding hydrogens is 1210 g/mol. The zero-order chi connectivity index (χ0) is 53.7. The van der Waals surface area contributed by atoms with Crippen LogP contribution in [0.4, 0.5) is 0 Å². The molecule has 5 heterocycles. The van der Waals surface area contributed by atoms with Gasteiger partial charge in [0.25, 0.3) is 0 Å². The molecule has 0 unspecified atom stereocenters. The van der Waals surface area contributed by atoms with Crippen molar-refractivity contribution in [2.24, 2.45) is 0 Å². The van der Waals surface area contributed by atoms with Gasteiger partial charge in [0, 0.05) is 54.9 Å². The van der Waals surface area contributed by atoms with Gasteiger partial charge in [-0.05, 0) is 190 Å². The summed E-state index contributed by atoms with van der Waals surface area (Å²) in [7, 11) is 3.31. The molecule has 406 valence electrons. The van der Waals surface area contributed by atoms with Crippen molar-refractivity contribution in [2.45, 2.75) is 0 Å². The van der Waals surface area contributed by atoms with Crippen LogP contribution in [0.25, 0.3) is 80.0 Å². The standard InChI is InChI=1S/C62H64I2N4O10/c1-69-25-27-71-29-31-73-33-35-75-37-39-77-55-17-11-51(12-18-55)67-53-15-23-59(67)61(45-5-3-7-47(63)41-45)57-21-10-50(66-57)44-54-16-24-60(62(46-6-4-8-48(64)42-46)58-22-9-49(43-53)65-58)68(54)52-13-19-56(20-14-52)78-40-38-76-36-34-74-32-30-72-28-26-70-2/h3-24,41-44H,25-40H2,1-2H3. The Balaban J connectivity index is 1.04. The van der Waals surface area contributed by atoms with Crippen molar-refractivity contribution in [3.05, 3.63) is 163 Å². The molecule has 3 aromatic heterocycles. The summed E-state index contributed by atoms with van der Waals surface area (Å²) in [5, 5.41) is 0. The van der Waals surface area contributed by atoms with Crippen LogP contribution in [-0.2, 0) is 37.9 Å². The molecule has 2 aliphatic heterocycles. The fourth-order valence-corrected chi connectivity index (χ4v) is 10.0. The van der Waals surface area contributed by atoms with E-state index < -0.39 is 0 Å². The highest BCUT2D eigenvalue weighted by Crippen LogP contribution is 2.37. The Labute approximate surface area is 483 Å². The Kier molecular flexibility index (Phi) is 21.9. The molecule has 0 atom stereocenters. The Hall–Kier alpha value is -5.78. The highest BCUT2D eigenvalue weighted by molar-refractivity contribution is 14.1. The van der Waals surface area contributed by atoms with E-state index in [4.69, 9.17) is 57.3 Å². The van der Waals surface area contributed by atoms with Crippen LogP contribution in [0.1, 0.15) is 22.8 Å². The van der Waals surface area contributed by atoms with E-state index in [-0.39, 0.29) is 0 Å². The van der Waals surface area contributed by atoms with Crippen molar-refractivity contribution in [1.29, 1.82) is 0 Å². The molecule has 14 nitrogen and oxygen atoms in total. The third-order valence-electron chi connectivity index (χ3n) is 12.5. The van der Waals surface area contributed by atoms with Gasteiger partial charge in [-0.3, -0.25) is 0 Å². The van der Waals surface area contributed by atoms with Crippen LogP contribution in [0.5, 0.6) is 11.5 Å². The lowest BCUT2D eigenvalue weighted by molar-refractivity contribution is 0.000164. The molecule has 0 fully saturated rings. The van der Waals surface area contributed by atoms with Crippen molar-refractivity contribution < 1.29 is 47.4 Å². The first-order valence-corrected chi connectivity index (χ1v) is 28.2. The molecule has 0 amide bonds. The largest absolute Gasteiger partial charge is 0.491 e. The zero-order valence-electron chi connectivity index (χ0n) is 44.0. The van der Waals surface area contributed by atoms with E-state index in [0.29, 0.717) is 106 Å². The topological polar surface area (TPSA) is 128 Å². The predicted molar refractivity (Wildman–Crippen MR) is 325 cm³/mol. The number of fused-ring (bicyclic) bond motifs is 8. The number of halogens is 2. The summed E-state index contributed by atoms with van der Waals surface area (Å²) in [6, 6.07) is 46.5. The minimum atomic E-state index is 0.404. The van der Waals surface area contributed by atoms with Crippen LogP contribution >= 0.6 is 45.2 Å². The van der Waals surface area contributed by atoms with Crippen LogP contribution < -0.4 is 9.47 Å². The first kappa shape index (κ1) is 56.9. The molecule has 0 saturated heterocycles. The number of aromatic nitrogens is 4. The lowest BCUT2D eigenvalue weighted by Crippen LogP contribution is -2.13. The van der Waals surface area contributed by atoms with Gasteiger partial charge < -0.3 is 56.5 Å². The summed E-state index contributed by atoms with van der Waals surface area (Å²) in [6.45, 7) is 7.93. The molecule has 0 radical (unpaired) electrons. The fraction of sp³-hybridized carbons (Fsp3) is 0.290. The molecule has 0 N–H and O–H groups in total. The van der Waals surface area contributed by atoms with Gasteiger partial charge in [0.15, 0.2) is 0 Å². The summed E-state index contributed by atoms with van der Waals surface area (Å²) >= 11 is 4.77. The molecule has 2 aliphatic rings. The van der Waals surface area contributed by atoms with Crippen molar-refractivity contribution in [3.63, 3.8) is 0 Å². The first-order valence-electron chi connectivity index (χ1n) is 26.0. The van der Waals surface area contributed by atoms with Crippen molar-refractivity contribution >= 4 is 91.6 Å². The quantitative estimate of drug-likeness (QED) is 0.0314. The molecule has 0 saturated carbocycles. The maximum atomic E-state index is 6.14. The van der Waals surface area contributed by atoms with Crippen molar-refractivity contribution in [3.8, 4) is 45.1 Å². The van der Waals surface area contributed by atoms with Gasteiger partial charge in [-0.25, -0.2) is 9.97 Å². The van der Waals surface area contributed by atoms with Crippen LogP contribution in [-0.4, -0.2) is 139 Å². The molecule has 8 bridgehead atoms. The number of hydrogen-bond donors (Lipinski definition) is 0. The number of ether oxygens (including phenoxy) is 10. The fourth-order valence-electron chi connectivity index (χ4n) is 8.92. The van der Waals surface area contributed by atoms with Gasteiger partial charge in [-0.15, -0.1) is 0 Å². The minimum Gasteiger partial charge on any atom is -0.491 e. The van der Waals surface area contributed by atoms with Crippen LogP contribution in [0.15, 0.2) is 133 Å². The molecule has 0 aliphatic carbocycles. The lowest BCUT2D eigenvalue weighted by Gasteiger charge is -2.13. The maximum absolute atomic E-state index is 6.14. The lowest BCUT2D eigenvalue weighted by atomic mass is 10.0. The number of benzene rings is 4. The third kappa shape index (κ3) is 15.7. The molecule has 16 heteroatoms. The van der Waals surface area contributed by atoms with Crippen molar-refractivity contribution in [2.75, 3.05) is 120 Å². The number of nitrogens with zero attached hydrogens (tertiary/aromatic N) is 4. The first-order chi connectivity index (χ1) is 38.4. The summed E-state index contributed by atoms with van der Waals surface area (Å²) in [5.74, 6) is 1.49. The SMILES string of the molecule is COCCOCCOCCOCCOc1ccc(-n2c3ccc2c(-c2cccc(I)c2)c2nc(cc4ccc(c(-c5cccc(I)c5)c5nc(c3)C=C5)n4-c3ccc(OCCOCCOCCOCCOC)cc3)C=C2)cc1. The smallest absolute Gasteiger partial charge is 0.119 e. The third-order valence-corrected chi connectivity index (χ3v) is 13.9. The Morgan fingerprint density at radius 2 is 0.731 bits per heavy atom. The number of methoxy groups -OCH3 is 2. The van der Waals surface area contributed by atoms with Crippen LogP contribution in [0, 0.1) is 7.14 Å². The van der Waals surface area contributed by atoms with E-state index in [9.17, 15) is 0 Å². The van der Waals surface area contributed by atoms with Crippen LogP contribution in [0.2, 0.25) is 0 Å². The summed E-state index contributed by atoms with van der Waals surface area (Å²) < 4.78 is 62.7. The molecule has 7 aromatic rings. The summed E-state index contributed by atoms with van der Waals surface area (Å²) in [4.78, 5) is 10.8. The monoisotopic (exact) mass is 1280 g/mol. The van der Waals surface area contributed by atoms with Gasteiger partial charge in [-0.2, -0.15) is 0 Å². The van der Waals surface area contributed by atoms with E-state index in [0.717, 1.165) is 97.1 Å². The maximum Gasteiger partial charge on any atom is 0.119 e. The molecular formula is C62H64I2N4O10. The predicted octanol–water partition coefficient (Wildman–Crippen LogP) is 12.3. The normalized spacial score (nSPS) is 11.9. The van der Waals surface area contributed by atoms with Gasteiger partial charge in [0.1, 0.15) is 24.7 Å². The average Bonchev–Trinajstić information content (AvgIpc) is 4.36. The highest BCUT2D eigenvalue weighted by Gasteiger charge is 2.19. The van der Waals surface area contributed by atoms with Gasteiger partial charge in [-0.1, -0.05) is 24.3 Å². The second kappa shape index (κ2) is 30.0. The van der Waals surface area contributed by atoms with E-state index in [2.05, 4.69) is 188 Å². The highest BCUT2D eigenvalue weighted by atomic mass is 127. The van der Waals surface area contributed by atoms with Crippen LogP contribution in [0.3, 0.4) is 0 Å². The number of rotatable bonds is 30. The van der Waals surface area contributed by atoms with Gasteiger partial charge >= 0.3 is 0 Å². The van der Waals surface area contributed by atoms with E-state index in [1.807, 2.05) is 24.3 Å². The summed E-state index contributed by atoms with van der Waals surface area (Å²) in [6.07, 6.45) is 8.44. The van der Waals surface area contributed by atoms with E-state index in [1.54, 1.807) is 14.2 Å². The molecule has 9 rings (SSSR count). The summed E-state index contributed by atoms with van der Waals surface area (Å²) in [5.41, 5.74) is 13.2. The number of hydrogen-bond acceptors (Lipinski definition) is 12. The Bertz CT molecular complexity index is 3070. The second-order valence-corrected chi connectivity index (χ2v) is 20.4. The van der Waals surface area contributed by atoms with E-state index in [1.165, 1.54) is 0 Å². The Morgan fingerprint density at radius 3 is 1.09 bits per heavy atom. The van der Waals surface area contributed by atoms with Crippen molar-refractivity contribution in [1.82, 2.24) is 19.1 Å².